The van der Waals surface area contributed by atoms with Crippen LogP contribution in [0.2, 0.25) is 0 Å². The highest BCUT2D eigenvalue weighted by Gasteiger charge is 2.37. The number of benzene rings is 2. The Hall–Kier alpha value is -1.80. The normalized spacial score (nSPS) is 12.4. The van der Waals surface area contributed by atoms with Crippen LogP contribution in [0.25, 0.3) is 0 Å². The van der Waals surface area contributed by atoms with Gasteiger partial charge in [0, 0.05) is 0 Å². The monoisotopic (exact) mass is 273 g/mol. The van der Waals surface area contributed by atoms with E-state index in [2.05, 4.69) is 5.16 Å². The van der Waals surface area contributed by atoms with Crippen molar-refractivity contribution in [3.05, 3.63) is 71.8 Å². The van der Waals surface area contributed by atoms with E-state index in [0.717, 1.165) is 11.1 Å². The van der Waals surface area contributed by atoms with Gasteiger partial charge in [0.25, 0.3) is 0 Å². The largest absolute Gasteiger partial charge is 0.410 e. The number of hydrogen-bond donors (Lipinski definition) is 1. The fourth-order valence-electron chi connectivity index (χ4n) is 2.49. The van der Waals surface area contributed by atoms with Crippen LogP contribution in [0.1, 0.15) is 24.5 Å². The molecule has 1 N–H and O–H groups in total. The summed E-state index contributed by atoms with van der Waals surface area (Å²) in [4.78, 5) is 0. The van der Waals surface area contributed by atoms with E-state index in [1.807, 2.05) is 67.6 Å². The van der Waals surface area contributed by atoms with Gasteiger partial charge in [-0.2, -0.15) is 0 Å². The Bertz CT molecular complexity index is 512. The van der Waals surface area contributed by atoms with Crippen molar-refractivity contribution in [2.75, 3.05) is 0 Å². The predicted octanol–water partition coefficient (Wildman–Crippen LogP) is 4.41. The second-order valence-electron chi connectivity index (χ2n) is 4.38. The van der Waals surface area contributed by atoms with Gasteiger partial charge in [0.15, 0.2) is 5.17 Å². The van der Waals surface area contributed by atoms with Gasteiger partial charge in [-0.1, -0.05) is 84.3 Å². The van der Waals surface area contributed by atoms with Crippen molar-refractivity contribution in [3.63, 3.8) is 0 Å². The average molecular weight is 274 g/mol. The number of rotatable bonds is 4. The van der Waals surface area contributed by atoms with Gasteiger partial charge in [-0.15, -0.1) is 0 Å². The van der Waals surface area contributed by atoms with Gasteiger partial charge in [-0.05, 0) is 17.5 Å². The highest BCUT2D eigenvalue weighted by molar-refractivity contribution is 6.67. The van der Waals surface area contributed by atoms with Crippen molar-refractivity contribution < 1.29 is 5.21 Å². The van der Waals surface area contributed by atoms with Gasteiger partial charge in [0.05, 0.1) is 5.41 Å². The summed E-state index contributed by atoms with van der Waals surface area (Å²) in [5, 5.41) is 12.6. The van der Waals surface area contributed by atoms with Gasteiger partial charge in [-0.3, -0.25) is 0 Å². The van der Waals surface area contributed by atoms with E-state index < -0.39 is 5.41 Å². The molecule has 0 atom stereocenters. The third-order valence-electron chi connectivity index (χ3n) is 3.50. The summed E-state index contributed by atoms with van der Waals surface area (Å²) in [5.41, 5.74) is 1.44. The van der Waals surface area contributed by atoms with Crippen molar-refractivity contribution in [2.45, 2.75) is 18.8 Å². The molecule has 0 aromatic heterocycles. The lowest BCUT2D eigenvalue weighted by Crippen LogP contribution is -2.33. The molecule has 0 aliphatic heterocycles. The van der Waals surface area contributed by atoms with Crippen molar-refractivity contribution in [1.29, 1.82) is 0 Å². The fraction of sp³-hybridized carbons (Fsp3) is 0.188. The third kappa shape index (κ3) is 2.36. The van der Waals surface area contributed by atoms with E-state index in [4.69, 9.17) is 11.6 Å². The van der Waals surface area contributed by atoms with E-state index in [0.29, 0.717) is 6.42 Å². The van der Waals surface area contributed by atoms with Crippen LogP contribution in [0, 0.1) is 0 Å². The molecule has 0 spiro atoms. The molecule has 0 bridgehead atoms. The summed E-state index contributed by atoms with van der Waals surface area (Å²) < 4.78 is 0. The van der Waals surface area contributed by atoms with E-state index in [1.165, 1.54) is 0 Å². The standard InChI is InChI=1S/C16H16ClNO/c1-2-16(15(17)18-19,13-9-5-3-6-10-13)14-11-7-4-8-12-14/h3-12,19H,2H2,1H3/b18-15+. The lowest BCUT2D eigenvalue weighted by molar-refractivity contribution is 0.316. The van der Waals surface area contributed by atoms with Gasteiger partial charge < -0.3 is 5.21 Å². The van der Waals surface area contributed by atoms with E-state index >= 15 is 0 Å². The molecule has 2 aromatic rings. The molecule has 0 fully saturated rings. The zero-order valence-corrected chi connectivity index (χ0v) is 11.5. The second-order valence-corrected chi connectivity index (χ2v) is 4.74. The topological polar surface area (TPSA) is 32.6 Å². The van der Waals surface area contributed by atoms with Gasteiger partial charge in [0.1, 0.15) is 0 Å². The molecular weight excluding hydrogens is 258 g/mol. The van der Waals surface area contributed by atoms with Crippen LogP contribution in [0.5, 0.6) is 0 Å². The van der Waals surface area contributed by atoms with E-state index in [-0.39, 0.29) is 5.17 Å². The third-order valence-corrected chi connectivity index (χ3v) is 3.90. The number of halogens is 1. The Kier molecular flexibility index (Phi) is 4.23. The van der Waals surface area contributed by atoms with Crippen LogP contribution < -0.4 is 0 Å². The van der Waals surface area contributed by atoms with Crippen LogP contribution in [0.4, 0.5) is 0 Å². The van der Waals surface area contributed by atoms with Crippen LogP contribution in [0.3, 0.4) is 0 Å². The highest BCUT2D eigenvalue weighted by atomic mass is 35.5. The molecule has 98 valence electrons. The maximum absolute atomic E-state index is 9.18. The second kappa shape index (κ2) is 5.89. The maximum atomic E-state index is 9.18. The average Bonchev–Trinajstić information content (AvgIpc) is 2.50. The molecule has 2 nitrogen and oxygen atoms in total. The summed E-state index contributed by atoms with van der Waals surface area (Å²) in [6.45, 7) is 2.04. The summed E-state index contributed by atoms with van der Waals surface area (Å²) in [6, 6.07) is 19.8. The summed E-state index contributed by atoms with van der Waals surface area (Å²) >= 11 is 6.26. The van der Waals surface area contributed by atoms with Crippen LogP contribution in [-0.2, 0) is 5.41 Å². The first-order valence-electron chi connectivity index (χ1n) is 6.24. The van der Waals surface area contributed by atoms with Gasteiger partial charge >= 0.3 is 0 Å². The smallest absolute Gasteiger partial charge is 0.160 e. The number of nitrogens with zero attached hydrogens (tertiary/aromatic N) is 1. The molecule has 0 heterocycles. The minimum atomic E-state index is -0.598. The van der Waals surface area contributed by atoms with E-state index in [1.54, 1.807) is 0 Å². The lowest BCUT2D eigenvalue weighted by atomic mass is 9.73. The minimum Gasteiger partial charge on any atom is -0.410 e. The maximum Gasteiger partial charge on any atom is 0.160 e. The quantitative estimate of drug-likeness (QED) is 0.500. The Morgan fingerprint density at radius 1 is 1.00 bits per heavy atom. The minimum absolute atomic E-state index is 0.187. The lowest BCUT2D eigenvalue weighted by Gasteiger charge is -2.32. The van der Waals surface area contributed by atoms with Crippen LogP contribution >= 0.6 is 11.6 Å². The molecule has 0 saturated carbocycles. The molecule has 0 saturated heterocycles. The number of oxime groups is 1. The Morgan fingerprint density at radius 3 is 1.74 bits per heavy atom. The molecule has 0 radical (unpaired) electrons. The molecule has 0 aliphatic rings. The number of hydrogen-bond acceptors (Lipinski definition) is 2. The fourth-order valence-corrected chi connectivity index (χ4v) is 2.84. The Labute approximate surface area is 118 Å². The molecule has 2 aromatic carbocycles. The summed E-state index contributed by atoms with van der Waals surface area (Å²) in [7, 11) is 0. The zero-order chi connectivity index (χ0) is 13.7. The molecule has 0 aliphatic carbocycles. The molecular formula is C16H16ClNO. The Morgan fingerprint density at radius 2 is 1.42 bits per heavy atom. The van der Waals surface area contributed by atoms with Gasteiger partial charge in [-0.25, -0.2) is 0 Å². The first kappa shape index (κ1) is 13.6. The summed E-state index contributed by atoms with van der Waals surface area (Å²) in [6.07, 6.45) is 0.712. The SMILES string of the molecule is CCC(/C(Cl)=N\O)(c1ccccc1)c1ccccc1. The molecule has 2 rings (SSSR count). The van der Waals surface area contributed by atoms with Gasteiger partial charge in [0.2, 0.25) is 0 Å². The first-order chi connectivity index (χ1) is 9.25. The molecule has 0 amide bonds. The summed E-state index contributed by atoms with van der Waals surface area (Å²) in [5.74, 6) is 0. The predicted molar refractivity (Wildman–Crippen MR) is 79.0 cm³/mol. The first-order valence-corrected chi connectivity index (χ1v) is 6.62. The van der Waals surface area contributed by atoms with E-state index in [9.17, 15) is 5.21 Å². The van der Waals surface area contributed by atoms with Crippen molar-refractivity contribution in [3.8, 4) is 0 Å². The van der Waals surface area contributed by atoms with Crippen LogP contribution in [0.15, 0.2) is 65.8 Å². The van der Waals surface area contributed by atoms with Crippen molar-refractivity contribution in [2.24, 2.45) is 5.16 Å². The van der Waals surface area contributed by atoms with Crippen LogP contribution in [-0.4, -0.2) is 10.4 Å². The molecule has 19 heavy (non-hydrogen) atoms. The van der Waals surface area contributed by atoms with Crippen molar-refractivity contribution >= 4 is 16.8 Å². The molecule has 0 unspecified atom stereocenters. The molecule has 3 heteroatoms. The Balaban J connectivity index is 2.69. The zero-order valence-electron chi connectivity index (χ0n) is 10.8. The highest BCUT2D eigenvalue weighted by Crippen LogP contribution is 2.38. The van der Waals surface area contributed by atoms with Crippen molar-refractivity contribution in [1.82, 2.24) is 0 Å².